The average molecular weight is 646 g/mol. The molecule has 3 heterocycles. The number of thioether (sulfide) groups is 1. The molecule has 8 nitrogen and oxygen atoms in total. The van der Waals surface area contributed by atoms with Crippen molar-refractivity contribution < 1.29 is 13.9 Å². The predicted molar refractivity (Wildman–Crippen MR) is 182 cm³/mol. The van der Waals surface area contributed by atoms with Crippen molar-refractivity contribution >= 4 is 51.8 Å². The summed E-state index contributed by atoms with van der Waals surface area (Å²) in [5.41, 5.74) is 3.01. The SMILES string of the molecule is CCCCn1c(N2CCN(c3ccc(F)cc3)CC2)c(/C=C2\SC(=S)N(CCc3ccc(OC)cc3)C2=O)c(C)c(C#N)c1=O. The Balaban J connectivity index is 1.47. The molecular weight excluding hydrogens is 610 g/mol. The maximum absolute atomic E-state index is 13.7. The molecular formula is C34H36FN5O3S2. The fourth-order valence-electron chi connectivity index (χ4n) is 5.69. The Labute approximate surface area is 272 Å². The normalized spacial score (nSPS) is 16.1. The number of amides is 1. The van der Waals surface area contributed by atoms with Crippen LogP contribution in [0.3, 0.4) is 0 Å². The molecule has 1 aromatic heterocycles. The number of carbonyl (C=O) groups excluding carboxylic acids is 1. The number of nitriles is 1. The number of pyridine rings is 1. The topological polar surface area (TPSA) is 81.8 Å². The first-order chi connectivity index (χ1) is 21.7. The van der Waals surface area contributed by atoms with Crippen molar-refractivity contribution in [2.75, 3.05) is 49.6 Å². The molecule has 2 aromatic carbocycles. The standard InChI is InChI=1S/C34H36FN5O3S2/c1-4-5-15-39-31(38-19-17-37(18-20-38)26-10-8-25(35)9-11-26)28(23(2)29(22-36)32(39)41)21-30-33(42)40(34(44)45-30)16-14-24-6-12-27(43-3)13-7-24/h6-13,21H,4-5,14-20H2,1-3H3/b30-21-. The lowest BCUT2D eigenvalue weighted by Crippen LogP contribution is -2.48. The van der Waals surface area contributed by atoms with Gasteiger partial charge in [-0.25, -0.2) is 4.39 Å². The first-order valence-electron chi connectivity index (χ1n) is 15.1. The molecule has 0 unspecified atom stereocenters. The number of ether oxygens (including phenoxy) is 1. The van der Waals surface area contributed by atoms with Crippen LogP contribution in [0.15, 0.2) is 58.2 Å². The number of carbonyl (C=O) groups is 1. The quantitative estimate of drug-likeness (QED) is 0.204. The summed E-state index contributed by atoms with van der Waals surface area (Å²) in [6.07, 6.45) is 4.09. The van der Waals surface area contributed by atoms with E-state index in [1.165, 1.54) is 23.9 Å². The number of anilines is 2. The minimum Gasteiger partial charge on any atom is -0.497 e. The summed E-state index contributed by atoms with van der Waals surface area (Å²) in [7, 11) is 1.62. The van der Waals surface area contributed by atoms with Gasteiger partial charge in [-0.2, -0.15) is 5.26 Å². The maximum atomic E-state index is 13.7. The average Bonchev–Trinajstić information content (AvgIpc) is 3.32. The van der Waals surface area contributed by atoms with Gasteiger partial charge in [0.25, 0.3) is 11.5 Å². The zero-order chi connectivity index (χ0) is 32.1. The van der Waals surface area contributed by atoms with Crippen LogP contribution >= 0.6 is 24.0 Å². The zero-order valence-corrected chi connectivity index (χ0v) is 27.3. The van der Waals surface area contributed by atoms with E-state index >= 15 is 0 Å². The minimum absolute atomic E-state index is 0.0843. The summed E-state index contributed by atoms with van der Waals surface area (Å²) in [5.74, 6) is 1.02. The van der Waals surface area contributed by atoms with Crippen LogP contribution in [0.1, 0.15) is 42.0 Å². The number of unbranched alkanes of at least 4 members (excludes halogenated alkanes) is 1. The van der Waals surface area contributed by atoms with Crippen molar-refractivity contribution in [3.63, 3.8) is 0 Å². The molecule has 1 amide bonds. The van der Waals surface area contributed by atoms with Gasteiger partial charge < -0.3 is 14.5 Å². The fraction of sp³-hybridized carbons (Fsp3) is 0.353. The minimum atomic E-state index is -0.316. The van der Waals surface area contributed by atoms with Crippen molar-refractivity contribution in [1.29, 1.82) is 5.26 Å². The molecule has 0 bridgehead atoms. The molecule has 11 heteroatoms. The lowest BCUT2D eigenvalue weighted by atomic mass is 10.0. The number of hydrogen-bond donors (Lipinski definition) is 0. The van der Waals surface area contributed by atoms with Gasteiger partial charge in [-0.05, 0) is 73.4 Å². The van der Waals surface area contributed by atoms with Crippen LogP contribution in [0.4, 0.5) is 15.9 Å². The predicted octanol–water partition coefficient (Wildman–Crippen LogP) is 5.75. The van der Waals surface area contributed by atoms with Gasteiger partial charge in [0.2, 0.25) is 0 Å². The molecule has 5 rings (SSSR count). The highest BCUT2D eigenvalue weighted by molar-refractivity contribution is 8.26. The first-order valence-corrected chi connectivity index (χ1v) is 16.3. The number of methoxy groups -OCH3 is 1. The van der Waals surface area contributed by atoms with Gasteiger partial charge in [0.1, 0.15) is 33.3 Å². The van der Waals surface area contributed by atoms with Gasteiger partial charge >= 0.3 is 0 Å². The van der Waals surface area contributed by atoms with E-state index in [4.69, 9.17) is 17.0 Å². The van der Waals surface area contributed by atoms with Crippen molar-refractivity contribution in [2.45, 2.75) is 39.7 Å². The van der Waals surface area contributed by atoms with Gasteiger partial charge in [-0.3, -0.25) is 19.1 Å². The van der Waals surface area contributed by atoms with Crippen LogP contribution in [-0.4, -0.2) is 59.5 Å². The summed E-state index contributed by atoms with van der Waals surface area (Å²) in [4.78, 5) is 33.8. The molecule has 0 N–H and O–H groups in total. The molecule has 2 aliphatic heterocycles. The number of nitrogens with zero attached hydrogens (tertiary/aromatic N) is 5. The largest absolute Gasteiger partial charge is 0.497 e. The number of thiocarbonyl (C=S) groups is 1. The first kappa shape index (κ1) is 32.3. The molecule has 2 aliphatic rings. The van der Waals surface area contributed by atoms with Crippen molar-refractivity contribution in [3.8, 4) is 11.8 Å². The van der Waals surface area contributed by atoms with E-state index in [1.54, 1.807) is 35.6 Å². The summed E-state index contributed by atoms with van der Waals surface area (Å²) in [5, 5.41) is 10.0. The highest BCUT2D eigenvalue weighted by Gasteiger charge is 2.33. The van der Waals surface area contributed by atoms with Crippen LogP contribution < -0.4 is 20.1 Å². The Hall–Kier alpha value is -4.14. The molecule has 234 valence electrons. The lowest BCUT2D eigenvalue weighted by Gasteiger charge is -2.39. The second-order valence-electron chi connectivity index (χ2n) is 11.0. The van der Waals surface area contributed by atoms with Gasteiger partial charge in [-0.1, -0.05) is 49.5 Å². The molecule has 2 fully saturated rings. The lowest BCUT2D eigenvalue weighted by molar-refractivity contribution is -0.122. The molecule has 2 saturated heterocycles. The molecule has 0 aliphatic carbocycles. The van der Waals surface area contributed by atoms with Gasteiger partial charge in [0.05, 0.1) is 12.0 Å². The second-order valence-corrected chi connectivity index (χ2v) is 12.7. The second kappa shape index (κ2) is 14.3. The third kappa shape index (κ3) is 6.92. The molecule has 45 heavy (non-hydrogen) atoms. The highest BCUT2D eigenvalue weighted by Crippen LogP contribution is 2.36. The van der Waals surface area contributed by atoms with E-state index in [9.17, 15) is 19.2 Å². The van der Waals surface area contributed by atoms with Crippen LogP contribution in [-0.2, 0) is 17.8 Å². The van der Waals surface area contributed by atoms with Crippen molar-refractivity contribution in [1.82, 2.24) is 9.47 Å². The summed E-state index contributed by atoms with van der Waals surface area (Å²) < 4.78 is 21.0. The van der Waals surface area contributed by atoms with Gasteiger partial charge in [0.15, 0.2) is 0 Å². The summed E-state index contributed by atoms with van der Waals surface area (Å²) in [6, 6.07) is 16.3. The third-order valence-electron chi connectivity index (χ3n) is 8.28. The van der Waals surface area contributed by atoms with Gasteiger partial charge in [-0.15, -0.1) is 0 Å². The Morgan fingerprint density at radius 1 is 1.02 bits per heavy atom. The number of hydrogen-bond acceptors (Lipinski definition) is 8. The number of rotatable bonds is 10. The fourth-order valence-corrected chi connectivity index (χ4v) is 6.98. The van der Waals surface area contributed by atoms with E-state index < -0.39 is 0 Å². The van der Waals surface area contributed by atoms with E-state index in [1.807, 2.05) is 30.3 Å². The molecule has 0 spiro atoms. The van der Waals surface area contributed by atoms with Crippen molar-refractivity contribution in [3.05, 3.63) is 91.9 Å². The number of benzene rings is 2. The molecule has 0 radical (unpaired) electrons. The third-order valence-corrected chi connectivity index (χ3v) is 9.66. The Bertz CT molecular complexity index is 1710. The number of aromatic nitrogens is 1. The molecule has 3 aromatic rings. The highest BCUT2D eigenvalue weighted by atomic mass is 32.2. The Morgan fingerprint density at radius 2 is 1.69 bits per heavy atom. The molecule has 0 atom stereocenters. The zero-order valence-electron chi connectivity index (χ0n) is 25.7. The van der Waals surface area contributed by atoms with E-state index in [0.29, 0.717) is 71.9 Å². The van der Waals surface area contributed by atoms with Crippen LogP contribution in [0.2, 0.25) is 0 Å². The van der Waals surface area contributed by atoms with E-state index in [-0.39, 0.29) is 22.8 Å². The summed E-state index contributed by atoms with van der Waals surface area (Å²) in [6.45, 7) is 7.28. The summed E-state index contributed by atoms with van der Waals surface area (Å²) >= 11 is 6.88. The Kier molecular flexibility index (Phi) is 10.3. The monoisotopic (exact) mass is 645 g/mol. The van der Waals surface area contributed by atoms with Crippen molar-refractivity contribution in [2.24, 2.45) is 0 Å². The number of halogens is 1. The van der Waals surface area contributed by atoms with E-state index in [0.717, 1.165) is 29.8 Å². The Morgan fingerprint density at radius 3 is 2.31 bits per heavy atom. The maximum Gasteiger partial charge on any atom is 0.270 e. The number of piperazine rings is 1. The smallest absolute Gasteiger partial charge is 0.270 e. The van der Waals surface area contributed by atoms with Gasteiger partial charge in [0, 0.05) is 50.5 Å². The van der Waals surface area contributed by atoms with E-state index in [2.05, 4.69) is 22.8 Å². The van der Waals surface area contributed by atoms with Crippen LogP contribution in [0, 0.1) is 24.1 Å². The van der Waals surface area contributed by atoms with Crippen LogP contribution in [0.5, 0.6) is 5.75 Å². The molecule has 0 saturated carbocycles. The van der Waals surface area contributed by atoms with Crippen LogP contribution in [0.25, 0.3) is 6.08 Å².